The molecule has 15 heavy (non-hydrogen) atoms. The van der Waals surface area contributed by atoms with Gasteiger partial charge in [-0.1, -0.05) is 39.8 Å². The van der Waals surface area contributed by atoms with Crippen LogP contribution in [-0.2, 0) is 0 Å². The summed E-state index contributed by atoms with van der Waals surface area (Å²) in [6.45, 7) is 14.6. The highest BCUT2D eigenvalue weighted by atomic mass is 19.1. The van der Waals surface area contributed by atoms with Crippen LogP contribution in [0.25, 0.3) is 0 Å². The van der Waals surface area contributed by atoms with Crippen LogP contribution in [0.1, 0.15) is 53.9 Å². The molecule has 3 atom stereocenters. The summed E-state index contributed by atoms with van der Waals surface area (Å²) in [5.74, 6) is 1.58. The molecule has 0 radical (unpaired) electrons. The molecule has 0 aliphatic rings. The first kappa shape index (κ1) is 14.7. The third-order valence-electron chi connectivity index (χ3n) is 3.12. The molecule has 0 heterocycles. The fraction of sp³-hybridized carbons (Fsp3) is 0.857. The van der Waals surface area contributed by atoms with E-state index in [1.807, 2.05) is 13.8 Å². The monoisotopic (exact) mass is 214 g/mol. The topological polar surface area (TPSA) is 0 Å². The van der Waals surface area contributed by atoms with E-state index in [2.05, 4.69) is 27.4 Å². The van der Waals surface area contributed by atoms with Crippen LogP contribution in [0.3, 0.4) is 0 Å². The van der Waals surface area contributed by atoms with Crippen LogP contribution in [0.15, 0.2) is 12.2 Å². The van der Waals surface area contributed by atoms with Crippen molar-refractivity contribution in [1.82, 2.24) is 0 Å². The van der Waals surface area contributed by atoms with Gasteiger partial charge in [0.15, 0.2) is 0 Å². The largest absolute Gasteiger partial charge is 0.247 e. The Hall–Kier alpha value is -0.330. The quantitative estimate of drug-likeness (QED) is 0.523. The third kappa shape index (κ3) is 5.96. The van der Waals surface area contributed by atoms with Gasteiger partial charge in [0, 0.05) is 0 Å². The predicted octanol–water partition coefficient (Wildman–Crippen LogP) is 5.00. The molecule has 0 aromatic carbocycles. The summed E-state index contributed by atoms with van der Waals surface area (Å²) < 4.78 is 13.4. The van der Waals surface area contributed by atoms with Gasteiger partial charge in [0.05, 0.1) is 0 Å². The fourth-order valence-corrected chi connectivity index (χ4v) is 2.27. The van der Waals surface area contributed by atoms with Gasteiger partial charge in [-0.25, -0.2) is 4.39 Å². The lowest BCUT2D eigenvalue weighted by molar-refractivity contribution is 0.227. The van der Waals surface area contributed by atoms with Gasteiger partial charge in [0.25, 0.3) is 0 Å². The zero-order valence-electron chi connectivity index (χ0n) is 11.0. The fourth-order valence-electron chi connectivity index (χ4n) is 2.27. The van der Waals surface area contributed by atoms with Crippen molar-refractivity contribution in [3.8, 4) is 0 Å². The Morgan fingerprint density at radius 3 is 2.07 bits per heavy atom. The minimum atomic E-state index is -0.665. The minimum absolute atomic E-state index is 0.349. The highest BCUT2D eigenvalue weighted by molar-refractivity contribution is 4.99. The molecule has 0 aliphatic carbocycles. The number of rotatable bonds is 7. The van der Waals surface area contributed by atoms with E-state index >= 15 is 0 Å². The van der Waals surface area contributed by atoms with Crippen LogP contribution in [0.5, 0.6) is 0 Å². The lowest BCUT2D eigenvalue weighted by Crippen LogP contribution is -2.19. The molecule has 0 amide bonds. The van der Waals surface area contributed by atoms with Gasteiger partial charge >= 0.3 is 0 Å². The average molecular weight is 214 g/mol. The first-order valence-electron chi connectivity index (χ1n) is 6.17. The second-order valence-electron chi connectivity index (χ2n) is 5.30. The Morgan fingerprint density at radius 2 is 1.73 bits per heavy atom. The second-order valence-corrected chi connectivity index (χ2v) is 5.30. The number of halogens is 1. The maximum absolute atomic E-state index is 13.4. The molecule has 0 aromatic heterocycles. The summed E-state index contributed by atoms with van der Waals surface area (Å²) >= 11 is 0. The molecular formula is C14H27F. The molecule has 0 bridgehead atoms. The average Bonchev–Trinajstić information content (AvgIpc) is 2.11. The van der Waals surface area contributed by atoms with Crippen molar-refractivity contribution in [3.63, 3.8) is 0 Å². The second kappa shape index (κ2) is 7.03. The lowest BCUT2D eigenvalue weighted by Gasteiger charge is -2.27. The molecule has 0 rings (SSSR count). The van der Waals surface area contributed by atoms with Crippen molar-refractivity contribution in [3.05, 3.63) is 12.2 Å². The van der Waals surface area contributed by atoms with Crippen molar-refractivity contribution >= 4 is 0 Å². The normalized spacial score (nSPS) is 17.5. The van der Waals surface area contributed by atoms with Crippen molar-refractivity contribution in [1.29, 1.82) is 0 Å². The van der Waals surface area contributed by atoms with Crippen molar-refractivity contribution in [2.24, 2.45) is 17.8 Å². The van der Waals surface area contributed by atoms with Crippen LogP contribution in [0, 0.1) is 17.8 Å². The zero-order chi connectivity index (χ0) is 12.0. The molecular weight excluding hydrogens is 187 g/mol. The highest BCUT2D eigenvalue weighted by Gasteiger charge is 2.22. The summed E-state index contributed by atoms with van der Waals surface area (Å²) in [7, 11) is 0. The molecule has 0 N–H and O–H groups in total. The van der Waals surface area contributed by atoms with E-state index in [-0.39, 0.29) is 0 Å². The Labute approximate surface area is 95.0 Å². The molecule has 0 aromatic rings. The first-order valence-corrected chi connectivity index (χ1v) is 6.17. The molecule has 90 valence electrons. The molecule has 0 nitrogen and oxygen atoms in total. The lowest BCUT2D eigenvalue weighted by atomic mass is 9.80. The number of allylic oxidation sites excluding steroid dienone is 1. The first-order chi connectivity index (χ1) is 6.88. The summed E-state index contributed by atoms with van der Waals surface area (Å²) in [4.78, 5) is 0. The molecule has 0 spiro atoms. The van der Waals surface area contributed by atoms with Crippen LogP contribution in [0.2, 0.25) is 0 Å². The Bertz CT molecular complexity index is 184. The third-order valence-corrected chi connectivity index (χ3v) is 3.12. The van der Waals surface area contributed by atoms with Crippen LogP contribution >= 0.6 is 0 Å². The SMILES string of the molecule is C=C(C)C(CC(F)CC)C(C)CC(C)C. The van der Waals surface area contributed by atoms with Gasteiger partial charge < -0.3 is 0 Å². The molecule has 0 aliphatic heterocycles. The molecule has 3 unspecified atom stereocenters. The van der Waals surface area contributed by atoms with Gasteiger partial charge in [0.2, 0.25) is 0 Å². The van der Waals surface area contributed by atoms with Crippen LogP contribution < -0.4 is 0 Å². The maximum Gasteiger partial charge on any atom is 0.100 e. The van der Waals surface area contributed by atoms with Gasteiger partial charge in [-0.2, -0.15) is 0 Å². The van der Waals surface area contributed by atoms with Crippen molar-refractivity contribution in [2.75, 3.05) is 0 Å². The van der Waals surface area contributed by atoms with E-state index in [1.54, 1.807) is 0 Å². The molecule has 0 saturated carbocycles. The summed E-state index contributed by atoms with van der Waals surface area (Å²) in [5, 5.41) is 0. The minimum Gasteiger partial charge on any atom is -0.247 e. The maximum atomic E-state index is 13.4. The number of alkyl halides is 1. The van der Waals surface area contributed by atoms with E-state index in [4.69, 9.17) is 0 Å². The van der Waals surface area contributed by atoms with Gasteiger partial charge in [-0.15, -0.1) is 0 Å². The van der Waals surface area contributed by atoms with E-state index in [0.717, 1.165) is 12.0 Å². The Morgan fingerprint density at radius 1 is 1.20 bits per heavy atom. The van der Waals surface area contributed by atoms with E-state index in [1.165, 1.54) is 0 Å². The summed E-state index contributed by atoms with van der Waals surface area (Å²) in [6, 6.07) is 0. The van der Waals surface area contributed by atoms with Crippen molar-refractivity contribution < 1.29 is 4.39 Å². The molecule has 0 fully saturated rings. The summed E-state index contributed by atoms with van der Waals surface area (Å²) in [6.07, 6.45) is 1.77. The van der Waals surface area contributed by atoms with Crippen LogP contribution in [0.4, 0.5) is 4.39 Å². The predicted molar refractivity (Wildman–Crippen MR) is 66.7 cm³/mol. The standard InChI is InChI=1S/C14H27F/c1-7-13(15)9-14(11(4)5)12(6)8-10(2)3/h10,12-14H,4,7-9H2,1-3,5-6H3. The van der Waals surface area contributed by atoms with E-state index in [9.17, 15) is 4.39 Å². The van der Waals surface area contributed by atoms with Crippen LogP contribution in [-0.4, -0.2) is 6.17 Å². The number of hydrogen-bond donors (Lipinski definition) is 0. The highest BCUT2D eigenvalue weighted by Crippen LogP contribution is 2.30. The van der Waals surface area contributed by atoms with Gasteiger partial charge in [0.1, 0.15) is 6.17 Å². The molecule has 0 saturated heterocycles. The smallest absolute Gasteiger partial charge is 0.100 e. The Kier molecular flexibility index (Phi) is 6.87. The molecule has 1 heteroatoms. The van der Waals surface area contributed by atoms with Gasteiger partial charge in [-0.05, 0) is 43.9 Å². The summed E-state index contributed by atoms with van der Waals surface area (Å²) in [5.41, 5.74) is 1.14. The van der Waals surface area contributed by atoms with E-state index in [0.29, 0.717) is 30.6 Å². The zero-order valence-corrected chi connectivity index (χ0v) is 11.0. The van der Waals surface area contributed by atoms with Gasteiger partial charge in [-0.3, -0.25) is 0 Å². The van der Waals surface area contributed by atoms with E-state index < -0.39 is 6.17 Å². The van der Waals surface area contributed by atoms with Crippen molar-refractivity contribution in [2.45, 2.75) is 60.1 Å². The number of hydrogen-bond acceptors (Lipinski definition) is 0. The Balaban J connectivity index is 4.31.